The summed E-state index contributed by atoms with van der Waals surface area (Å²) in [6, 6.07) is 57.4. The van der Waals surface area contributed by atoms with Gasteiger partial charge in [-0.1, -0.05) is 103 Å². The minimum Gasteiger partial charge on any atom is -0.309 e. The number of benzene rings is 7. The Balaban J connectivity index is 1.29. The van der Waals surface area contributed by atoms with E-state index in [-0.39, 0.29) is 0 Å². The molecule has 0 N–H and O–H groups in total. The van der Waals surface area contributed by atoms with Gasteiger partial charge in [0, 0.05) is 40.6 Å². The summed E-state index contributed by atoms with van der Waals surface area (Å²) in [5.41, 5.74) is 12.5. The minimum atomic E-state index is 0.534. The molecule has 0 saturated carbocycles. The molecule has 10 rings (SSSR count). The first-order chi connectivity index (χ1) is 27.2. The van der Waals surface area contributed by atoms with Crippen molar-refractivity contribution in [1.82, 2.24) is 14.5 Å². The van der Waals surface area contributed by atoms with E-state index in [9.17, 15) is 5.26 Å². The van der Waals surface area contributed by atoms with Gasteiger partial charge in [-0.25, -0.2) is 4.85 Å². The van der Waals surface area contributed by atoms with Crippen molar-refractivity contribution >= 4 is 49.0 Å². The van der Waals surface area contributed by atoms with Gasteiger partial charge in [0.15, 0.2) is 5.69 Å². The molecule has 0 aliphatic heterocycles. The highest BCUT2D eigenvalue weighted by Gasteiger charge is 2.22. The number of pyridine rings is 2. The molecule has 254 valence electrons. The fourth-order valence-corrected chi connectivity index (χ4v) is 8.08. The van der Waals surface area contributed by atoms with Crippen LogP contribution in [0.2, 0.25) is 0 Å². The van der Waals surface area contributed by atoms with Gasteiger partial charge in [0.1, 0.15) is 6.07 Å². The normalized spacial score (nSPS) is 11.2. The Hall–Kier alpha value is -7.86. The average Bonchev–Trinajstić information content (AvgIpc) is 3.61. The third-order valence-corrected chi connectivity index (χ3v) is 10.5. The molecule has 7 aromatic carbocycles. The maximum atomic E-state index is 9.56. The van der Waals surface area contributed by atoms with Crippen LogP contribution in [0.1, 0.15) is 5.56 Å². The second kappa shape index (κ2) is 13.0. The van der Waals surface area contributed by atoms with Gasteiger partial charge in [0.25, 0.3) is 0 Å². The Morgan fingerprint density at radius 2 is 1.11 bits per heavy atom. The number of nitrogens with zero attached hydrogens (tertiary/aromatic N) is 5. The van der Waals surface area contributed by atoms with E-state index in [1.165, 1.54) is 21.5 Å². The van der Waals surface area contributed by atoms with Crippen LogP contribution in [0.15, 0.2) is 176 Å². The van der Waals surface area contributed by atoms with Gasteiger partial charge < -0.3 is 4.57 Å². The highest BCUT2D eigenvalue weighted by Crippen LogP contribution is 2.46. The van der Waals surface area contributed by atoms with Crippen LogP contribution in [-0.2, 0) is 0 Å². The van der Waals surface area contributed by atoms with Gasteiger partial charge in [-0.2, -0.15) is 5.26 Å². The van der Waals surface area contributed by atoms with Gasteiger partial charge in [-0.15, -0.1) is 0 Å². The lowest BCUT2D eigenvalue weighted by molar-refractivity contribution is 1.18. The van der Waals surface area contributed by atoms with E-state index in [2.05, 4.69) is 165 Å². The van der Waals surface area contributed by atoms with E-state index in [0.717, 1.165) is 72.1 Å². The molecule has 10 aromatic rings. The quantitative estimate of drug-likeness (QED) is 0.168. The number of hydrogen-bond donors (Lipinski definition) is 0. The van der Waals surface area contributed by atoms with E-state index in [1.807, 2.05) is 18.3 Å². The zero-order valence-electron chi connectivity index (χ0n) is 29.5. The summed E-state index contributed by atoms with van der Waals surface area (Å²) in [4.78, 5) is 12.6. The fourth-order valence-electron chi connectivity index (χ4n) is 8.08. The topological polar surface area (TPSA) is 58.9 Å². The predicted octanol–water partition coefficient (Wildman–Crippen LogP) is 13.0. The first kappa shape index (κ1) is 31.8. The van der Waals surface area contributed by atoms with Crippen molar-refractivity contribution in [1.29, 1.82) is 5.26 Å². The highest BCUT2D eigenvalue weighted by atomic mass is 15.0. The van der Waals surface area contributed by atoms with Crippen LogP contribution in [0.5, 0.6) is 0 Å². The SMILES string of the molecule is [C-]#[N+]c1ccnc(-c2cccc(-c3cc4c(c5ccccc35)c3c5ccccc5c(-c5cccc(-c6cncc(C#N)c6)c5)cc3n4-c3ccccc3)c2)c1. The third-order valence-electron chi connectivity index (χ3n) is 10.5. The largest absolute Gasteiger partial charge is 0.309 e. The Bertz CT molecular complexity index is 3040. The first-order valence-corrected chi connectivity index (χ1v) is 18.1. The molecule has 0 unspecified atom stereocenters. The molecular weight excluding hydrogens is 671 g/mol. The zero-order valence-corrected chi connectivity index (χ0v) is 29.5. The van der Waals surface area contributed by atoms with Crippen molar-refractivity contribution in [2.75, 3.05) is 0 Å². The van der Waals surface area contributed by atoms with Crippen LogP contribution < -0.4 is 0 Å². The van der Waals surface area contributed by atoms with Crippen LogP contribution in [0.3, 0.4) is 0 Å². The molecule has 5 heteroatoms. The Morgan fingerprint density at radius 3 is 1.75 bits per heavy atom. The van der Waals surface area contributed by atoms with E-state index >= 15 is 0 Å². The molecule has 3 aromatic heterocycles. The van der Waals surface area contributed by atoms with Crippen LogP contribution >= 0.6 is 0 Å². The van der Waals surface area contributed by atoms with E-state index < -0.39 is 0 Å². The lowest BCUT2D eigenvalue weighted by Gasteiger charge is -2.13. The van der Waals surface area contributed by atoms with Crippen molar-refractivity contribution in [3.8, 4) is 56.4 Å². The van der Waals surface area contributed by atoms with E-state index in [0.29, 0.717) is 11.3 Å². The lowest BCUT2D eigenvalue weighted by atomic mass is 9.90. The first-order valence-electron chi connectivity index (χ1n) is 18.1. The van der Waals surface area contributed by atoms with Crippen molar-refractivity contribution in [2.45, 2.75) is 0 Å². The highest BCUT2D eigenvalue weighted by molar-refractivity contribution is 6.31. The van der Waals surface area contributed by atoms with Crippen LogP contribution in [0.4, 0.5) is 5.69 Å². The zero-order chi connectivity index (χ0) is 36.9. The molecule has 0 amide bonds. The standard InChI is InChI=1S/C50H29N5/c1-52-38-21-22-54-46(26-38)36-14-10-13-35(25-36)45-28-48-50(43-20-8-6-18-41(43)45)49-42-19-7-5-17-40(42)44(27-47(49)55(48)39-15-3-2-4-16-39)34-12-9-11-33(24-34)37-23-32(29-51)30-53-31-37/h2-28,30-31H. The van der Waals surface area contributed by atoms with Crippen molar-refractivity contribution in [3.05, 3.63) is 193 Å². The monoisotopic (exact) mass is 699 g/mol. The average molecular weight is 700 g/mol. The van der Waals surface area contributed by atoms with Crippen LogP contribution in [-0.4, -0.2) is 14.5 Å². The molecule has 0 aliphatic rings. The Labute approximate surface area is 317 Å². The van der Waals surface area contributed by atoms with Gasteiger partial charge in [-0.3, -0.25) is 9.97 Å². The van der Waals surface area contributed by atoms with Crippen LogP contribution in [0.25, 0.3) is 98.5 Å². The van der Waals surface area contributed by atoms with Gasteiger partial charge in [0.05, 0.1) is 28.9 Å². The summed E-state index contributed by atoms with van der Waals surface area (Å²) >= 11 is 0. The molecule has 0 fully saturated rings. The summed E-state index contributed by atoms with van der Waals surface area (Å²) in [7, 11) is 0. The fraction of sp³-hybridized carbons (Fsp3) is 0. The Kier molecular flexibility index (Phi) is 7.51. The number of aromatic nitrogens is 3. The number of nitriles is 1. The second-order valence-corrected chi connectivity index (χ2v) is 13.6. The lowest BCUT2D eigenvalue weighted by Crippen LogP contribution is -1.95. The Morgan fingerprint density at radius 1 is 0.527 bits per heavy atom. The van der Waals surface area contributed by atoms with E-state index in [4.69, 9.17) is 6.57 Å². The maximum absolute atomic E-state index is 9.56. The smallest absolute Gasteiger partial charge is 0.190 e. The summed E-state index contributed by atoms with van der Waals surface area (Å²) in [6.45, 7) is 7.54. The molecule has 0 aliphatic carbocycles. The molecule has 3 heterocycles. The predicted molar refractivity (Wildman–Crippen MR) is 224 cm³/mol. The van der Waals surface area contributed by atoms with Crippen molar-refractivity contribution in [3.63, 3.8) is 0 Å². The summed E-state index contributed by atoms with van der Waals surface area (Å²) in [5.74, 6) is 0. The summed E-state index contributed by atoms with van der Waals surface area (Å²) in [6.07, 6.45) is 5.11. The number of para-hydroxylation sites is 1. The molecule has 0 radical (unpaired) electrons. The molecular formula is C50H29N5. The van der Waals surface area contributed by atoms with Crippen LogP contribution in [0, 0.1) is 17.9 Å². The molecule has 0 bridgehead atoms. The number of fused-ring (bicyclic) bond motifs is 7. The molecule has 0 saturated heterocycles. The molecule has 0 atom stereocenters. The van der Waals surface area contributed by atoms with Gasteiger partial charge in [-0.05, 0) is 110 Å². The number of hydrogen-bond acceptors (Lipinski definition) is 3. The third kappa shape index (κ3) is 5.31. The maximum Gasteiger partial charge on any atom is 0.190 e. The summed E-state index contributed by atoms with van der Waals surface area (Å²) in [5, 5.41) is 16.7. The van der Waals surface area contributed by atoms with Gasteiger partial charge in [0.2, 0.25) is 0 Å². The number of rotatable bonds is 5. The second-order valence-electron chi connectivity index (χ2n) is 13.6. The molecule has 55 heavy (non-hydrogen) atoms. The van der Waals surface area contributed by atoms with Gasteiger partial charge >= 0.3 is 0 Å². The van der Waals surface area contributed by atoms with Crippen molar-refractivity contribution in [2.24, 2.45) is 0 Å². The van der Waals surface area contributed by atoms with Crippen molar-refractivity contribution < 1.29 is 0 Å². The minimum absolute atomic E-state index is 0.534. The molecule has 5 nitrogen and oxygen atoms in total. The molecule has 0 spiro atoms. The van der Waals surface area contributed by atoms with E-state index in [1.54, 1.807) is 18.5 Å². The summed E-state index contributed by atoms with van der Waals surface area (Å²) < 4.78 is 2.41.